The SMILES string of the molecule is CC1(C)OB(c2ccc(C3CC3)c(C(F)(F)F)n2)OC1(C)C. The minimum Gasteiger partial charge on any atom is -0.398 e. The largest absolute Gasteiger partial charge is 0.514 e. The van der Waals surface area contributed by atoms with E-state index in [1.54, 1.807) is 6.07 Å². The van der Waals surface area contributed by atoms with Gasteiger partial charge in [0.1, 0.15) is 5.69 Å². The second-order valence-electron chi connectivity index (χ2n) is 7.03. The Balaban J connectivity index is 1.96. The molecular formula is C15H19BF3NO2. The lowest BCUT2D eigenvalue weighted by Crippen LogP contribution is -2.41. The number of alkyl halides is 3. The maximum Gasteiger partial charge on any atom is 0.514 e. The molecule has 0 radical (unpaired) electrons. The third-order valence-corrected chi connectivity index (χ3v) is 4.73. The summed E-state index contributed by atoms with van der Waals surface area (Å²) in [6.45, 7) is 7.43. The number of rotatable bonds is 2. The van der Waals surface area contributed by atoms with Crippen LogP contribution < -0.4 is 5.59 Å². The van der Waals surface area contributed by atoms with E-state index in [1.165, 1.54) is 6.07 Å². The Hall–Kier alpha value is -1.08. The van der Waals surface area contributed by atoms with Gasteiger partial charge in [0.25, 0.3) is 0 Å². The monoisotopic (exact) mass is 313 g/mol. The van der Waals surface area contributed by atoms with Gasteiger partial charge in [0, 0.05) is 0 Å². The quantitative estimate of drug-likeness (QED) is 0.785. The fourth-order valence-corrected chi connectivity index (χ4v) is 2.53. The van der Waals surface area contributed by atoms with Gasteiger partial charge in [0.2, 0.25) is 0 Å². The summed E-state index contributed by atoms with van der Waals surface area (Å²) in [4.78, 5) is 3.84. The van der Waals surface area contributed by atoms with Crippen LogP contribution in [0.15, 0.2) is 12.1 Å². The van der Waals surface area contributed by atoms with Crippen molar-refractivity contribution in [3.05, 3.63) is 23.4 Å². The molecule has 0 amide bonds. The molecule has 1 aromatic heterocycles. The summed E-state index contributed by atoms with van der Waals surface area (Å²) in [5.41, 5.74) is -1.55. The molecule has 1 saturated heterocycles. The molecule has 3 rings (SSSR count). The van der Waals surface area contributed by atoms with E-state index in [9.17, 15) is 13.2 Å². The van der Waals surface area contributed by atoms with Gasteiger partial charge in [0.05, 0.1) is 16.8 Å². The van der Waals surface area contributed by atoms with Crippen molar-refractivity contribution < 1.29 is 22.5 Å². The lowest BCUT2D eigenvalue weighted by Gasteiger charge is -2.32. The third-order valence-electron chi connectivity index (χ3n) is 4.73. The topological polar surface area (TPSA) is 31.4 Å². The summed E-state index contributed by atoms with van der Waals surface area (Å²) in [5.74, 6) is -0.0172. The van der Waals surface area contributed by atoms with Crippen LogP contribution in [0, 0.1) is 0 Å². The molecule has 1 aliphatic carbocycles. The van der Waals surface area contributed by atoms with Crippen molar-refractivity contribution in [1.29, 1.82) is 0 Å². The van der Waals surface area contributed by atoms with Crippen LogP contribution in [0.4, 0.5) is 13.2 Å². The summed E-state index contributed by atoms with van der Waals surface area (Å²) in [6.07, 6.45) is -2.88. The van der Waals surface area contributed by atoms with E-state index in [4.69, 9.17) is 9.31 Å². The van der Waals surface area contributed by atoms with Gasteiger partial charge in [-0.3, -0.25) is 4.98 Å². The van der Waals surface area contributed by atoms with E-state index >= 15 is 0 Å². The van der Waals surface area contributed by atoms with Crippen molar-refractivity contribution in [3.8, 4) is 0 Å². The first-order chi connectivity index (χ1) is 10.0. The zero-order chi connectivity index (χ0) is 16.3. The van der Waals surface area contributed by atoms with Crippen LogP contribution in [0.1, 0.15) is 57.7 Å². The molecule has 2 heterocycles. The van der Waals surface area contributed by atoms with Crippen LogP contribution in [-0.4, -0.2) is 23.3 Å². The first-order valence-corrected chi connectivity index (χ1v) is 7.45. The molecule has 2 fully saturated rings. The molecule has 0 bridgehead atoms. The highest BCUT2D eigenvalue weighted by atomic mass is 19.4. The normalized spacial score (nSPS) is 23.9. The van der Waals surface area contributed by atoms with Gasteiger partial charge in [-0.25, -0.2) is 0 Å². The summed E-state index contributed by atoms with van der Waals surface area (Å²) in [6, 6.07) is 3.11. The van der Waals surface area contributed by atoms with Crippen molar-refractivity contribution >= 4 is 12.7 Å². The van der Waals surface area contributed by atoms with E-state index in [-0.39, 0.29) is 17.1 Å². The van der Waals surface area contributed by atoms with Crippen LogP contribution in [0.5, 0.6) is 0 Å². The standard InChI is InChI=1S/C15H19BF3NO2/c1-13(2)14(3,4)22-16(21-13)11-8-7-10(9-5-6-9)12(20-11)15(17,18)19/h7-9H,5-6H2,1-4H3. The predicted molar refractivity (Wildman–Crippen MR) is 76.9 cm³/mol. The number of halogens is 3. The fourth-order valence-electron chi connectivity index (χ4n) is 2.53. The lowest BCUT2D eigenvalue weighted by molar-refractivity contribution is -0.141. The Labute approximate surface area is 128 Å². The van der Waals surface area contributed by atoms with E-state index in [0.29, 0.717) is 0 Å². The van der Waals surface area contributed by atoms with Crippen molar-refractivity contribution in [2.24, 2.45) is 0 Å². The van der Waals surface area contributed by atoms with Crippen molar-refractivity contribution in [3.63, 3.8) is 0 Å². The molecule has 3 nitrogen and oxygen atoms in total. The summed E-state index contributed by atoms with van der Waals surface area (Å²) in [5, 5.41) is 0. The van der Waals surface area contributed by atoms with Crippen LogP contribution >= 0.6 is 0 Å². The number of pyridine rings is 1. The molecule has 0 N–H and O–H groups in total. The zero-order valence-corrected chi connectivity index (χ0v) is 13.1. The van der Waals surface area contributed by atoms with Crippen molar-refractivity contribution in [2.75, 3.05) is 0 Å². The Morgan fingerprint density at radius 3 is 2.09 bits per heavy atom. The minimum absolute atomic E-state index is 0.0172. The molecule has 7 heteroatoms. The van der Waals surface area contributed by atoms with Crippen LogP contribution in [0.25, 0.3) is 0 Å². The molecule has 0 unspecified atom stereocenters. The third kappa shape index (κ3) is 2.65. The molecule has 0 aromatic carbocycles. The van der Waals surface area contributed by atoms with Gasteiger partial charge in [-0.05, 0) is 58.1 Å². The van der Waals surface area contributed by atoms with E-state index in [0.717, 1.165) is 12.8 Å². The van der Waals surface area contributed by atoms with Crippen molar-refractivity contribution in [1.82, 2.24) is 4.98 Å². The minimum atomic E-state index is -4.46. The highest BCUT2D eigenvalue weighted by molar-refractivity contribution is 6.61. The van der Waals surface area contributed by atoms with E-state index < -0.39 is 30.2 Å². The average Bonchev–Trinajstić information content (AvgIpc) is 3.16. The molecule has 0 spiro atoms. The molecule has 0 atom stereocenters. The Morgan fingerprint density at radius 2 is 1.64 bits per heavy atom. The first-order valence-electron chi connectivity index (χ1n) is 7.45. The van der Waals surface area contributed by atoms with E-state index in [2.05, 4.69) is 4.98 Å². The number of nitrogens with zero attached hydrogens (tertiary/aromatic N) is 1. The first kappa shape index (κ1) is 15.8. The molecule has 1 aromatic rings. The lowest BCUT2D eigenvalue weighted by atomic mass is 9.83. The Bertz CT molecular complexity index is 581. The highest BCUT2D eigenvalue weighted by Crippen LogP contribution is 2.45. The molecule has 120 valence electrons. The Kier molecular flexibility index (Phi) is 3.38. The van der Waals surface area contributed by atoms with Gasteiger partial charge >= 0.3 is 13.3 Å². The maximum absolute atomic E-state index is 13.3. The predicted octanol–water partition coefficient (Wildman–Crippen LogP) is 3.28. The summed E-state index contributed by atoms with van der Waals surface area (Å²) < 4.78 is 51.4. The maximum atomic E-state index is 13.3. The Morgan fingerprint density at radius 1 is 1.09 bits per heavy atom. The second-order valence-corrected chi connectivity index (χ2v) is 7.03. The smallest absolute Gasteiger partial charge is 0.398 e. The second kappa shape index (κ2) is 4.71. The van der Waals surface area contributed by atoms with Gasteiger partial charge in [0.15, 0.2) is 0 Å². The van der Waals surface area contributed by atoms with Crippen LogP contribution in [0.2, 0.25) is 0 Å². The highest BCUT2D eigenvalue weighted by Gasteiger charge is 2.53. The van der Waals surface area contributed by atoms with Gasteiger partial charge in [-0.1, -0.05) is 6.07 Å². The average molecular weight is 313 g/mol. The number of hydrogen-bond acceptors (Lipinski definition) is 3. The summed E-state index contributed by atoms with van der Waals surface area (Å²) >= 11 is 0. The van der Waals surface area contributed by atoms with Gasteiger partial charge in [-0.2, -0.15) is 13.2 Å². The zero-order valence-electron chi connectivity index (χ0n) is 13.1. The molecule has 1 aliphatic heterocycles. The summed E-state index contributed by atoms with van der Waals surface area (Å²) in [7, 11) is -0.876. The van der Waals surface area contributed by atoms with Crippen LogP contribution in [0.3, 0.4) is 0 Å². The molecule has 22 heavy (non-hydrogen) atoms. The van der Waals surface area contributed by atoms with Crippen LogP contribution in [-0.2, 0) is 15.5 Å². The van der Waals surface area contributed by atoms with Gasteiger partial charge in [-0.15, -0.1) is 0 Å². The fraction of sp³-hybridized carbons (Fsp3) is 0.667. The van der Waals surface area contributed by atoms with Crippen molar-refractivity contribution in [2.45, 2.75) is 63.8 Å². The molecular weight excluding hydrogens is 294 g/mol. The molecule has 2 aliphatic rings. The van der Waals surface area contributed by atoms with Gasteiger partial charge < -0.3 is 9.31 Å². The molecule has 1 saturated carbocycles. The number of hydrogen-bond donors (Lipinski definition) is 0. The number of aromatic nitrogens is 1. The van der Waals surface area contributed by atoms with E-state index in [1.807, 2.05) is 27.7 Å².